The standard InChI is InChI=1S/C22H24FN3O/c23-17-6-9-19-20(22(27)25-21(19)14-17)15-24-18-7-4-16(5-8-18)10-13-26-11-2-1-3-12-26/h4-9,14-15,20H,1-3,10-13H2,(H,25,27). The van der Waals surface area contributed by atoms with Gasteiger partial charge in [-0.3, -0.25) is 9.79 Å². The topological polar surface area (TPSA) is 44.7 Å². The third-order valence-corrected chi connectivity index (χ3v) is 5.37. The van der Waals surface area contributed by atoms with E-state index in [1.54, 1.807) is 12.3 Å². The van der Waals surface area contributed by atoms with Crippen LogP contribution < -0.4 is 5.32 Å². The van der Waals surface area contributed by atoms with Crippen molar-refractivity contribution in [1.82, 2.24) is 4.90 Å². The first-order chi connectivity index (χ1) is 13.2. The lowest BCUT2D eigenvalue weighted by atomic mass is 10.0. The highest BCUT2D eigenvalue weighted by atomic mass is 19.1. The molecule has 1 saturated heterocycles. The van der Waals surface area contributed by atoms with Crippen molar-refractivity contribution in [2.75, 3.05) is 25.0 Å². The van der Waals surface area contributed by atoms with E-state index in [9.17, 15) is 9.18 Å². The van der Waals surface area contributed by atoms with E-state index in [4.69, 9.17) is 0 Å². The number of carbonyl (C=O) groups excluding carboxylic acids is 1. The van der Waals surface area contributed by atoms with E-state index in [-0.39, 0.29) is 11.7 Å². The molecule has 2 aliphatic rings. The molecule has 140 valence electrons. The average Bonchev–Trinajstić information content (AvgIpc) is 3.00. The Morgan fingerprint density at radius 1 is 1.11 bits per heavy atom. The molecule has 4 nitrogen and oxygen atoms in total. The number of fused-ring (bicyclic) bond motifs is 1. The Labute approximate surface area is 159 Å². The molecule has 27 heavy (non-hydrogen) atoms. The lowest BCUT2D eigenvalue weighted by molar-refractivity contribution is -0.115. The molecule has 1 amide bonds. The number of anilines is 1. The van der Waals surface area contributed by atoms with Gasteiger partial charge in [0, 0.05) is 18.4 Å². The van der Waals surface area contributed by atoms with Crippen LogP contribution in [0.1, 0.15) is 36.3 Å². The molecule has 1 unspecified atom stereocenters. The van der Waals surface area contributed by atoms with Crippen molar-refractivity contribution in [2.24, 2.45) is 4.99 Å². The molecule has 1 N–H and O–H groups in total. The third kappa shape index (κ3) is 4.25. The summed E-state index contributed by atoms with van der Waals surface area (Å²) in [6, 6.07) is 12.5. The molecule has 1 atom stereocenters. The summed E-state index contributed by atoms with van der Waals surface area (Å²) < 4.78 is 13.3. The lowest BCUT2D eigenvalue weighted by Gasteiger charge is -2.26. The van der Waals surface area contributed by atoms with Gasteiger partial charge in [-0.25, -0.2) is 4.39 Å². The number of nitrogens with zero attached hydrogens (tertiary/aromatic N) is 2. The van der Waals surface area contributed by atoms with Gasteiger partial charge in [0.05, 0.1) is 5.69 Å². The minimum Gasteiger partial charge on any atom is -0.325 e. The van der Waals surface area contributed by atoms with Gasteiger partial charge in [0.1, 0.15) is 11.7 Å². The summed E-state index contributed by atoms with van der Waals surface area (Å²) in [4.78, 5) is 19.1. The summed E-state index contributed by atoms with van der Waals surface area (Å²) in [6.07, 6.45) is 6.69. The van der Waals surface area contributed by atoms with Crippen LogP contribution in [0.3, 0.4) is 0 Å². The number of nitrogens with one attached hydrogen (secondary N) is 1. The van der Waals surface area contributed by atoms with Gasteiger partial charge in [-0.1, -0.05) is 24.6 Å². The smallest absolute Gasteiger partial charge is 0.237 e. The highest BCUT2D eigenvalue weighted by molar-refractivity contribution is 6.12. The Morgan fingerprint density at radius 2 is 1.89 bits per heavy atom. The molecule has 2 aliphatic heterocycles. The molecule has 2 aromatic carbocycles. The van der Waals surface area contributed by atoms with E-state index < -0.39 is 5.92 Å². The van der Waals surface area contributed by atoms with Crippen LogP contribution >= 0.6 is 0 Å². The number of hydrogen-bond donors (Lipinski definition) is 1. The highest BCUT2D eigenvalue weighted by Gasteiger charge is 2.29. The maximum atomic E-state index is 13.3. The Balaban J connectivity index is 1.38. The second-order valence-corrected chi connectivity index (χ2v) is 7.30. The summed E-state index contributed by atoms with van der Waals surface area (Å²) >= 11 is 0. The maximum Gasteiger partial charge on any atom is 0.237 e. The zero-order chi connectivity index (χ0) is 18.6. The van der Waals surface area contributed by atoms with Gasteiger partial charge in [-0.15, -0.1) is 0 Å². The van der Waals surface area contributed by atoms with Gasteiger partial charge in [0.25, 0.3) is 0 Å². The minimum atomic E-state index is -0.473. The number of piperidine rings is 1. The van der Waals surface area contributed by atoms with E-state index >= 15 is 0 Å². The van der Waals surface area contributed by atoms with Crippen LogP contribution in [-0.2, 0) is 11.2 Å². The molecule has 0 radical (unpaired) electrons. The third-order valence-electron chi connectivity index (χ3n) is 5.37. The van der Waals surface area contributed by atoms with E-state index in [1.165, 1.54) is 50.0 Å². The number of aliphatic imine (C=N–C) groups is 1. The van der Waals surface area contributed by atoms with Crippen molar-refractivity contribution < 1.29 is 9.18 Å². The summed E-state index contributed by atoms with van der Waals surface area (Å²) in [7, 11) is 0. The molecular weight excluding hydrogens is 341 g/mol. The summed E-state index contributed by atoms with van der Waals surface area (Å²) in [5, 5.41) is 2.71. The largest absolute Gasteiger partial charge is 0.325 e. The van der Waals surface area contributed by atoms with Gasteiger partial charge in [0.15, 0.2) is 0 Å². The quantitative estimate of drug-likeness (QED) is 0.803. The number of rotatable bonds is 5. The Bertz CT molecular complexity index is 841. The monoisotopic (exact) mass is 365 g/mol. The first kappa shape index (κ1) is 17.9. The minimum absolute atomic E-state index is 0.169. The van der Waals surface area contributed by atoms with Crippen LogP contribution in [0, 0.1) is 5.82 Å². The first-order valence-corrected chi connectivity index (χ1v) is 9.65. The Hall–Kier alpha value is -2.53. The van der Waals surface area contributed by atoms with Crippen LogP contribution in [0.5, 0.6) is 0 Å². The fourth-order valence-electron chi connectivity index (χ4n) is 3.79. The van der Waals surface area contributed by atoms with E-state index in [1.807, 2.05) is 12.1 Å². The SMILES string of the molecule is O=C1Nc2cc(F)ccc2C1C=Nc1ccc(CCN2CCCCC2)cc1. The van der Waals surface area contributed by atoms with Crippen molar-refractivity contribution in [3.63, 3.8) is 0 Å². The highest BCUT2D eigenvalue weighted by Crippen LogP contribution is 2.32. The number of hydrogen-bond acceptors (Lipinski definition) is 3. The van der Waals surface area contributed by atoms with Gasteiger partial charge in [-0.2, -0.15) is 0 Å². The molecule has 0 aromatic heterocycles. The second-order valence-electron chi connectivity index (χ2n) is 7.30. The second kappa shape index (κ2) is 8.01. The zero-order valence-corrected chi connectivity index (χ0v) is 15.3. The van der Waals surface area contributed by atoms with E-state index in [0.29, 0.717) is 5.69 Å². The van der Waals surface area contributed by atoms with Crippen molar-refractivity contribution in [2.45, 2.75) is 31.6 Å². The molecule has 0 bridgehead atoms. The van der Waals surface area contributed by atoms with Gasteiger partial charge in [0.2, 0.25) is 5.91 Å². The molecule has 2 heterocycles. The number of carbonyl (C=O) groups is 1. The molecule has 0 saturated carbocycles. The predicted molar refractivity (Wildman–Crippen MR) is 106 cm³/mol. The predicted octanol–water partition coefficient (Wildman–Crippen LogP) is 4.29. The molecule has 5 heteroatoms. The van der Waals surface area contributed by atoms with Crippen LogP contribution in [-0.4, -0.2) is 36.7 Å². The van der Waals surface area contributed by atoms with E-state index in [2.05, 4.69) is 27.3 Å². The molecule has 0 aliphatic carbocycles. The van der Waals surface area contributed by atoms with Crippen LogP contribution in [0.2, 0.25) is 0 Å². The molecule has 2 aromatic rings. The maximum absolute atomic E-state index is 13.3. The zero-order valence-electron chi connectivity index (χ0n) is 15.3. The van der Waals surface area contributed by atoms with E-state index in [0.717, 1.165) is 24.2 Å². The fraction of sp³-hybridized carbons (Fsp3) is 0.364. The van der Waals surface area contributed by atoms with Crippen molar-refractivity contribution in [3.05, 3.63) is 59.4 Å². The fourth-order valence-corrected chi connectivity index (χ4v) is 3.79. The molecular formula is C22H24FN3O. The first-order valence-electron chi connectivity index (χ1n) is 9.65. The van der Waals surface area contributed by atoms with Crippen molar-refractivity contribution in [1.29, 1.82) is 0 Å². The van der Waals surface area contributed by atoms with Crippen molar-refractivity contribution in [3.8, 4) is 0 Å². The van der Waals surface area contributed by atoms with Gasteiger partial charge < -0.3 is 10.2 Å². The molecule has 1 fully saturated rings. The summed E-state index contributed by atoms with van der Waals surface area (Å²) in [5.74, 6) is -0.997. The Morgan fingerprint density at radius 3 is 2.67 bits per heavy atom. The molecule has 4 rings (SSSR count). The van der Waals surface area contributed by atoms with Gasteiger partial charge in [-0.05, 0) is 67.7 Å². The number of halogens is 1. The lowest BCUT2D eigenvalue weighted by Crippen LogP contribution is -2.31. The number of amides is 1. The van der Waals surface area contributed by atoms with Crippen LogP contribution in [0.4, 0.5) is 15.8 Å². The van der Waals surface area contributed by atoms with Crippen LogP contribution in [0.15, 0.2) is 47.5 Å². The summed E-state index contributed by atoms with van der Waals surface area (Å²) in [6.45, 7) is 3.55. The number of likely N-dealkylation sites (tertiary alicyclic amines) is 1. The number of benzene rings is 2. The Kier molecular flexibility index (Phi) is 5.30. The molecule has 0 spiro atoms. The van der Waals surface area contributed by atoms with Crippen molar-refractivity contribution >= 4 is 23.5 Å². The van der Waals surface area contributed by atoms with Gasteiger partial charge >= 0.3 is 0 Å². The average molecular weight is 365 g/mol. The normalized spacial score (nSPS) is 20.0. The van der Waals surface area contributed by atoms with Crippen LogP contribution in [0.25, 0.3) is 0 Å². The summed E-state index contributed by atoms with van der Waals surface area (Å²) in [5.41, 5.74) is 3.42.